The molecule has 1 nitrogen and oxygen atoms in total. The van der Waals surface area contributed by atoms with E-state index in [2.05, 4.69) is 6.58 Å². The molecule has 0 saturated carbocycles. The molecule has 2 aromatic rings. The first kappa shape index (κ1) is 14.2. The van der Waals surface area contributed by atoms with Crippen molar-refractivity contribution >= 4 is 6.08 Å². The number of pyridine rings is 1. The molecule has 2 rings (SSSR count). The Bertz CT molecular complexity index is 635. The first-order valence-corrected chi connectivity index (χ1v) is 5.57. The van der Waals surface area contributed by atoms with Gasteiger partial charge in [0.25, 0.3) is 0 Å². The zero-order valence-electron chi connectivity index (χ0n) is 10.1. The Morgan fingerprint density at radius 2 is 1.30 bits per heavy atom. The van der Waals surface area contributed by atoms with Crippen molar-refractivity contribution in [2.75, 3.05) is 0 Å². The fourth-order valence-corrected chi connectivity index (χ4v) is 1.68. The second-order valence-corrected chi connectivity index (χ2v) is 4.06. The maximum Gasteiger partial charge on any atom is 0.200 e. The Labute approximate surface area is 111 Å². The lowest BCUT2D eigenvalue weighted by Gasteiger charge is -2.05. The lowest BCUT2D eigenvalue weighted by Crippen LogP contribution is -2.34. The van der Waals surface area contributed by atoms with Gasteiger partial charge in [-0.1, -0.05) is 12.7 Å². The van der Waals surface area contributed by atoms with Gasteiger partial charge in [0.15, 0.2) is 42.2 Å². The van der Waals surface area contributed by atoms with E-state index in [1.807, 2.05) is 0 Å². The molecule has 6 heteroatoms. The summed E-state index contributed by atoms with van der Waals surface area (Å²) in [4.78, 5) is 0. The number of hydrogen-bond acceptors (Lipinski definition) is 0. The summed E-state index contributed by atoms with van der Waals surface area (Å²) in [6, 6.07) is 3.19. The van der Waals surface area contributed by atoms with Crippen molar-refractivity contribution in [3.05, 3.63) is 71.3 Å². The molecule has 1 aromatic carbocycles. The molecule has 0 unspecified atom stereocenters. The normalized spacial score (nSPS) is 10.7. The Kier molecular flexibility index (Phi) is 3.83. The van der Waals surface area contributed by atoms with Crippen LogP contribution in [0.2, 0.25) is 0 Å². The van der Waals surface area contributed by atoms with Gasteiger partial charge in [0.2, 0.25) is 5.82 Å². The largest absolute Gasteiger partial charge is 0.203 e. The van der Waals surface area contributed by atoms with E-state index in [-0.39, 0.29) is 0 Å². The molecule has 0 amide bonds. The van der Waals surface area contributed by atoms with Gasteiger partial charge in [-0.15, -0.1) is 0 Å². The highest BCUT2D eigenvalue weighted by Crippen LogP contribution is 2.22. The summed E-state index contributed by atoms with van der Waals surface area (Å²) in [5, 5.41) is 0. The van der Waals surface area contributed by atoms with Crippen LogP contribution in [0, 0.1) is 29.1 Å². The highest BCUT2D eigenvalue weighted by atomic mass is 19.2. The van der Waals surface area contributed by atoms with Crippen molar-refractivity contribution in [1.82, 2.24) is 0 Å². The molecule has 1 heterocycles. The van der Waals surface area contributed by atoms with E-state index in [0.29, 0.717) is 0 Å². The molecule has 0 spiro atoms. The first-order valence-electron chi connectivity index (χ1n) is 5.57. The lowest BCUT2D eigenvalue weighted by molar-refractivity contribution is -0.688. The predicted octanol–water partition coefficient (Wildman–Crippen LogP) is 3.36. The molecule has 0 bridgehead atoms. The van der Waals surface area contributed by atoms with Gasteiger partial charge < -0.3 is 0 Å². The summed E-state index contributed by atoms with van der Waals surface area (Å²) in [6.07, 6.45) is 4.47. The Morgan fingerprint density at radius 1 is 0.850 bits per heavy atom. The van der Waals surface area contributed by atoms with Gasteiger partial charge in [0, 0.05) is 12.1 Å². The van der Waals surface area contributed by atoms with Crippen LogP contribution in [0.15, 0.2) is 31.1 Å². The summed E-state index contributed by atoms with van der Waals surface area (Å²) in [6.45, 7) is 3.07. The average molecular weight is 286 g/mol. The van der Waals surface area contributed by atoms with Crippen LogP contribution in [-0.4, -0.2) is 0 Å². The SMILES string of the molecule is C=Cc1cc[n+](Cc2c(F)c(F)c(F)c(F)c2F)cc1. The van der Waals surface area contributed by atoms with Crippen LogP contribution in [0.1, 0.15) is 11.1 Å². The van der Waals surface area contributed by atoms with Gasteiger partial charge in [-0.05, 0) is 5.56 Å². The minimum atomic E-state index is -2.16. The van der Waals surface area contributed by atoms with Crippen LogP contribution in [-0.2, 0) is 6.54 Å². The minimum absolute atomic E-state index is 0.469. The molecule has 0 N–H and O–H groups in total. The highest BCUT2D eigenvalue weighted by Gasteiger charge is 2.27. The summed E-state index contributed by atoms with van der Waals surface area (Å²) >= 11 is 0. The Balaban J connectivity index is 2.45. The average Bonchev–Trinajstić information content (AvgIpc) is 2.48. The lowest BCUT2D eigenvalue weighted by atomic mass is 10.1. The number of nitrogens with zero attached hydrogens (tertiary/aromatic N) is 1. The van der Waals surface area contributed by atoms with E-state index < -0.39 is 41.2 Å². The molecule has 1 aromatic heterocycles. The molecule has 0 fully saturated rings. The van der Waals surface area contributed by atoms with Crippen molar-refractivity contribution in [1.29, 1.82) is 0 Å². The number of aromatic nitrogens is 1. The van der Waals surface area contributed by atoms with E-state index in [0.717, 1.165) is 5.56 Å². The van der Waals surface area contributed by atoms with Crippen LogP contribution < -0.4 is 4.57 Å². The second kappa shape index (κ2) is 5.40. The molecule has 20 heavy (non-hydrogen) atoms. The third-order valence-electron chi connectivity index (χ3n) is 2.79. The van der Waals surface area contributed by atoms with Crippen LogP contribution >= 0.6 is 0 Å². The molecule has 0 saturated heterocycles. The third-order valence-corrected chi connectivity index (χ3v) is 2.79. The zero-order valence-corrected chi connectivity index (χ0v) is 10.1. The van der Waals surface area contributed by atoms with Gasteiger partial charge in [-0.25, -0.2) is 26.5 Å². The topological polar surface area (TPSA) is 3.88 Å². The van der Waals surface area contributed by atoms with Gasteiger partial charge in [0.05, 0.1) is 5.56 Å². The smallest absolute Gasteiger partial charge is 0.200 e. The first-order chi connectivity index (χ1) is 9.45. The maximum atomic E-state index is 13.5. The quantitative estimate of drug-likeness (QED) is 0.352. The van der Waals surface area contributed by atoms with E-state index in [4.69, 9.17) is 0 Å². The third kappa shape index (κ3) is 2.41. The van der Waals surface area contributed by atoms with Gasteiger partial charge in [-0.3, -0.25) is 0 Å². The van der Waals surface area contributed by atoms with Crippen molar-refractivity contribution in [2.24, 2.45) is 0 Å². The van der Waals surface area contributed by atoms with Crippen LogP contribution in [0.25, 0.3) is 6.08 Å². The number of halogens is 5. The van der Waals surface area contributed by atoms with E-state index in [1.165, 1.54) is 17.0 Å². The maximum absolute atomic E-state index is 13.5. The number of hydrogen-bond donors (Lipinski definition) is 0. The number of rotatable bonds is 3. The van der Waals surface area contributed by atoms with E-state index >= 15 is 0 Å². The van der Waals surface area contributed by atoms with Crippen LogP contribution in [0.5, 0.6) is 0 Å². The summed E-state index contributed by atoms with van der Waals surface area (Å²) in [7, 11) is 0. The molecular formula is C14H9F5N+. The standard InChI is InChI=1S/C14H9F5N/c1-2-8-3-5-20(6-4-8)7-9-10(15)12(17)14(19)13(18)11(9)16/h2-6H,1,7H2/q+1. The molecule has 0 radical (unpaired) electrons. The van der Waals surface area contributed by atoms with Crippen LogP contribution in [0.3, 0.4) is 0 Å². The van der Waals surface area contributed by atoms with Crippen LogP contribution in [0.4, 0.5) is 22.0 Å². The van der Waals surface area contributed by atoms with Crippen molar-refractivity contribution < 1.29 is 26.5 Å². The summed E-state index contributed by atoms with van der Waals surface area (Å²) < 4.78 is 67.2. The van der Waals surface area contributed by atoms with E-state index in [1.54, 1.807) is 18.2 Å². The molecule has 0 aliphatic heterocycles. The second-order valence-electron chi connectivity index (χ2n) is 4.06. The fourth-order valence-electron chi connectivity index (χ4n) is 1.68. The summed E-state index contributed by atoms with van der Waals surface area (Å²) in [5.41, 5.74) is -0.114. The summed E-state index contributed by atoms with van der Waals surface area (Å²) in [5.74, 6) is -9.68. The van der Waals surface area contributed by atoms with Crippen molar-refractivity contribution in [3.8, 4) is 0 Å². The minimum Gasteiger partial charge on any atom is -0.203 e. The number of benzene rings is 1. The van der Waals surface area contributed by atoms with Crippen molar-refractivity contribution in [3.63, 3.8) is 0 Å². The van der Waals surface area contributed by atoms with Crippen molar-refractivity contribution in [2.45, 2.75) is 6.54 Å². The zero-order chi connectivity index (χ0) is 14.9. The molecule has 0 aliphatic rings. The van der Waals surface area contributed by atoms with Gasteiger partial charge in [-0.2, -0.15) is 0 Å². The fraction of sp³-hybridized carbons (Fsp3) is 0.0714. The molecule has 0 atom stereocenters. The monoisotopic (exact) mass is 286 g/mol. The molecular weight excluding hydrogens is 277 g/mol. The van der Waals surface area contributed by atoms with Gasteiger partial charge in [0.1, 0.15) is 0 Å². The van der Waals surface area contributed by atoms with E-state index in [9.17, 15) is 22.0 Å². The Hall–Kier alpha value is -2.24. The molecule has 104 valence electrons. The highest BCUT2D eigenvalue weighted by molar-refractivity contribution is 5.44. The predicted molar refractivity (Wildman–Crippen MR) is 62.1 cm³/mol. The Morgan fingerprint density at radius 3 is 1.75 bits per heavy atom. The van der Waals surface area contributed by atoms with Gasteiger partial charge >= 0.3 is 0 Å². The molecule has 0 aliphatic carbocycles.